The van der Waals surface area contributed by atoms with Crippen LogP contribution < -0.4 is 10.5 Å². The fraction of sp³-hybridized carbons (Fsp3) is 0.429. The van der Waals surface area contributed by atoms with Gasteiger partial charge in [-0.1, -0.05) is 0 Å². The summed E-state index contributed by atoms with van der Waals surface area (Å²) >= 11 is 3.52. The first kappa shape index (κ1) is 15.0. The molecule has 0 aliphatic carbocycles. The molecule has 0 amide bonds. The molecule has 0 bridgehead atoms. The van der Waals surface area contributed by atoms with Gasteiger partial charge >= 0.3 is 0 Å². The number of nitrogens with two attached hydrogens (primary N) is 1. The van der Waals surface area contributed by atoms with Crippen molar-refractivity contribution in [2.45, 2.75) is 32.9 Å². The first-order chi connectivity index (χ1) is 9.47. The number of rotatable bonds is 5. The number of nitrogens with zero attached hydrogens (tertiary/aromatic N) is 3. The van der Waals surface area contributed by atoms with E-state index in [0.29, 0.717) is 6.61 Å². The minimum absolute atomic E-state index is 0.114. The van der Waals surface area contributed by atoms with Crippen LogP contribution in [-0.2, 0) is 20.1 Å². The molecule has 0 spiro atoms. The number of hydrogen-bond acceptors (Lipinski definition) is 4. The molecule has 0 aromatic carbocycles. The third kappa shape index (κ3) is 3.58. The van der Waals surface area contributed by atoms with Crippen molar-refractivity contribution in [1.82, 2.24) is 14.8 Å². The second-order valence-electron chi connectivity index (χ2n) is 4.93. The lowest BCUT2D eigenvalue weighted by Gasteiger charge is -2.08. The lowest BCUT2D eigenvalue weighted by molar-refractivity contribution is 0.292. The maximum absolute atomic E-state index is 5.75. The number of aromatic nitrogens is 3. The summed E-state index contributed by atoms with van der Waals surface area (Å²) < 4.78 is 8.55. The molecule has 2 N–H and O–H groups in total. The minimum Gasteiger partial charge on any atom is -0.486 e. The summed E-state index contributed by atoms with van der Waals surface area (Å²) in [6.45, 7) is 4.37. The average molecular weight is 339 g/mol. The molecule has 1 unspecified atom stereocenters. The summed E-state index contributed by atoms with van der Waals surface area (Å²) in [7, 11) is 1.90. The first-order valence-electron chi connectivity index (χ1n) is 6.48. The van der Waals surface area contributed by atoms with Crippen LogP contribution in [-0.4, -0.2) is 20.8 Å². The van der Waals surface area contributed by atoms with Gasteiger partial charge in [-0.15, -0.1) is 0 Å². The monoisotopic (exact) mass is 338 g/mol. The van der Waals surface area contributed by atoms with Crippen molar-refractivity contribution in [2.24, 2.45) is 12.8 Å². The normalized spacial score (nSPS) is 12.4. The fourth-order valence-electron chi connectivity index (χ4n) is 1.94. The highest BCUT2D eigenvalue weighted by molar-refractivity contribution is 9.10. The quantitative estimate of drug-likeness (QED) is 0.908. The lowest BCUT2D eigenvalue weighted by Crippen LogP contribution is -2.18. The van der Waals surface area contributed by atoms with Gasteiger partial charge in [0.2, 0.25) is 0 Å². The van der Waals surface area contributed by atoms with E-state index in [-0.39, 0.29) is 6.04 Å². The smallest absolute Gasteiger partial charge is 0.138 e. The summed E-state index contributed by atoms with van der Waals surface area (Å²) in [6.07, 6.45) is 2.50. The van der Waals surface area contributed by atoms with Crippen LogP contribution in [0.5, 0.6) is 5.75 Å². The number of aryl methyl sites for hydroxylation is 2. The highest BCUT2D eigenvalue weighted by Crippen LogP contribution is 2.22. The van der Waals surface area contributed by atoms with E-state index in [9.17, 15) is 0 Å². The molecule has 2 heterocycles. The second-order valence-corrected chi connectivity index (χ2v) is 5.72. The number of ether oxygens (including phenoxy) is 1. The Bertz CT molecular complexity index is 578. The molecule has 0 aliphatic rings. The highest BCUT2D eigenvalue weighted by Gasteiger charge is 2.11. The molecular formula is C14H19BrN4O. The molecule has 5 nitrogen and oxygen atoms in total. The van der Waals surface area contributed by atoms with Gasteiger partial charge in [0.1, 0.15) is 12.4 Å². The van der Waals surface area contributed by atoms with E-state index in [0.717, 1.165) is 33.7 Å². The summed E-state index contributed by atoms with van der Waals surface area (Å²) in [5.41, 5.74) is 8.68. The summed E-state index contributed by atoms with van der Waals surface area (Å²) in [6, 6.07) is 3.98. The minimum atomic E-state index is 0.114. The number of pyridine rings is 1. The van der Waals surface area contributed by atoms with E-state index in [4.69, 9.17) is 10.5 Å². The molecule has 0 saturated carbocycles. The molecule has 20 heavy (non-hydrogen) atoms. The summed E-state index contributed by atoms with van der Waals surface area (Å²) in [4.78, 5) is 4.34. The van der Waals surface area contributed by atoms with Gasteiger partial charge in [-0.3, -0.25) is 9.67 Å². The lowest BCUT2D eigenvalue weighted by atomic mass is 10.2. The molecule has 1 atom stereocenters. The van der Waals surface area contributed by atoms with Crippen molar-refractivity contribution in [2.75, 3.05) is 0 Å². The average Bonchev–Trinajstić information content (AvgIpc) is 2.62. The Labute approximate surface area is 127 Å². The molecule has 0 fully saturated rings. The van der Waals surface area contributed by atoms with E-state index in [1.807, 2.05) is 37.7 Å². The van der Waals surface area contributed by atoms with E-state index in [1.165, 1.54) is 0 Å². The molecule has 108 valence electrons. The van der Waals surface area contributed by atoms with Gasteiger partial charge in [-0.05, 0) is 41.9 Å². The second kappa shape index (κ2) is 6.37. The molecule has 0 saturated heterocycles. The summed E-state index contributed by atoms with van der Waals surface area (Å²) in [5.74, 6) is 0.740. The Morgan fingerprint density at radius 2 is 2.20 bits per heavy atom. The van der Waals surface area contributed by atoms with E-state index >= 15 is 0 Å². The zero-order valence-electron chi connectivity index (χ0n) is 11.9. The van der Waals surface area contributed by atoms with Crippen molar-refractivity contribution in [1.29, 1.82) is 0 Å². The van der Waals surface area contributed by atoms with Gasteiger partial charge in [0.15, 0.2) is 0 Å². The zero-order chi connectivity index (χ0) is 14.7. The molecule has 0 aliphatic heterocycles. The van der Waals surface area contributed by atoms with Crippen molar-refractivity contribution >= 4 is 15.9 Å². The van der Waals surface area contributed by atoms with E-state index in [1.54, 1.807) is 6.20 Å². The first-order valence-corrected chi connectivity index (χ1v) is 7.28. The van der Waals surface area contributed by atoms with Gasteiger partial charge in [0.25, 0.3) is 0 Å². The Balaban J connectivity index is 2.00. The molecule has 2 aromatic rings. The van der Waals surface area contributed by atoms with Gasteiger partial charge in [0.05, 0.1) is 22.1 Å². The van der Waals surface area contributed by atoms with Crippen molar-refractivity contribution in [3.05, 3.63) is 39.9 Å². The van der Waals surface area contributed by atoms with Crippen LogP contribution in [0.4, 0.5) is 0 Å². The third-order valence-electron chi connectivity index (χ3n) is 2.97. The van der Waals surface area contributed by atoms with Crippen molar-refractivity contribution in [3.8, 4) is 5.75 Å². The van der Waals surface area contributed by atoms with E-state index in [2.05, 4.69) is 26.0 Å². The van der Waals surface area contributed by atoms with Crippen LogP contribution in [0.2, 0.25) is 0 Å². The van der Waals surface area contributed by atoms with Crippen LogP contribution >= 0.6 is 15.9 Å². The molecular weight excluding hydrogens is 320 g/mol. The van der Waals surface area contributed by atoms with Crippen LogP contribution in [0.15, 0.2) is 22.8 Å². The maximum Gasteiger partial charge on any atom is 0.138 e. The van der Waals surface area contributed by atoms with Crippen LogP contribution in [0.25, 0.3) is 0 Å². The Kier molecular flexibility index (Phi) is 4.77. The Hall–Kier alpha value is -1.40. The highest BCUT2D eigenvalue weighted by atomic mass is 79.9. The molecule has 2 rings (SSSR count). The predicted octanol–water partition coefficient (Wildman–Crippen LogP) is 2.35. The Morgan fingerprint density at radius 3 is 2.70 bits per heavy atom. The largest absolute Gasteiger partial charge is 0.486 e. The van der Waals surface area contributed by atoms with E-state index < -0.39 is 0 Å². The Morgan fingerprint density at radius 1 is 1.45 bits per heavy atom. The topological polar surface area (TPSA) is 66.0 Å². The molecule has 2 aromatic heterocycles. The van der Waals surface area contributed by atoms with Crippen LogP contribution in [0, 0.1) is 6.92 Å². The van der Waals surface area contributed by atoms with Crippen molar-refractivity contribution in [3.63, 3.8) is 0 Å². The molecule has 0 radical (unpaired) electrons. The van der Waals surface area contributed by atoms with Crippen molar-refractivity contribution < 1.29 is 4.74 Å². The number of halogens is 1. The van der Waals surface area contributed by atoms with Gasteiger partial charge in [-0.2, -0.15) is 5.10 Å². The van der Waals surface area contributed by atoms with Crippen LogP contribution in [0.1, 0.15) is 24.0 Å². The van der Waals surface area contributed by atoms with Gasteiger partial charge in [0, 0.05) is 25.2 Å². The molecule has 6 heteroatoms. The van der Waals surface area contributed by atoms with Gasteiger partial charge < -0.3 is 10.5 Å². The predicted molar refractivity (Wildman–Crippen MR) is 81.6 cm³/mol. The van der Waals surface area contributed by atoms with Gasteiger partial charge in [-0.25, -0.2) is 0 Å². The zero-order valence-corrected chi connectivity index (χ0v) is 13.5. The third-order valence-corrected chi connectivity index (χ3v) is 4.00. The fourth-order valence-corrected chi connectivity index (χ4v) is 2.39. The summed E-state index contributed by atoms with van der Waals surface area (Å²) in [5, 5.41) is 4.33. The number of hydrogen-bond donors (Lipinski definition) is 1. The SMILES string of the molecule is Cc1nn(C)c(COc2ccc(CC(C)N)nc2)c1Br. The van der Waals surface area contributed by atoms with Crippen LogP contribution in [0.3, 0.4) is 0 Å². The maximum atomic E-state index is 5.75. The standard InChI is InChI=1S/C14H19BrN4O/c1-9(16)6-11-4-5-12(7-17-11)20-8-13-14(15)10(2)18-19(13)3/h4-5,7,9H,6,8,16H2,1-3H3.